The molecule has 2 aromatic rings. The maximum absolute atomic E-state index is 12.5. The normalized spacial score (nSPS) is 19.1. The van der Waals surface area contributed by atoms with Gasteiger partial charge in [0.15, 0.2) is 0 Å². The monoisotopic (exact) mass is 345 g/mol. The number of thiazole rings is 1. The molecule has 0 spiro atoms. The molecule has 1 aromatic carbocycles. The predicted octanol–water partition coefficient (Wildman–Crippen LogP) is 1.90. The Morgan fingerprint density at radius 3 is 2.83 bits per heavy atom. The zero-order valence-electron chi connectivity index (χ0n) is 13.1. The minimum absolute atomic E-state index is 0.0890. The maximum atomic E-state index is 12.5. The third-order valence-electron chi connectivity index (χ3n) is 4.13. The van der Waals surface area contributed by atoms with Crippen LogP contribution in [0.1, 0.15) is 29.5 Å². The maximum Gasteiger partial charge on any atom is 0.320 e. The van der Waals surface area contributed by atoms with Crippen LogP contribution in [-0.2, 0) is 9.59 Å². The Hall–Kier alpha value is -2.25. The van der Waals surface area contributed by atoms with Gasteiger partial charge in [-0.25, -0.2) is 4.98 Å². The first-order valence-corrected chi connectivity index (χ1v) is 8.73. The quantitative estimate of drug-likeness (QED) is 0.835. The fourth-order valence-electron chi connectivity index (χ4n) is 3.00. The zero-order valence-corrected chi connectivity index (χ0v) is 13.9. The van der Waals surface area contributed by atoms with E-state index in [1.807, 2.05) is 35.7 Å². The van der Waals surface area contributed by atoms with Gasteiger partial charge in [-0.3, -0.25) is 14.5 Å². The number of carbonyl (C=O) groups is 2. The summed E-state index contributed by atoms with van der Waals surface area (Å²) in [7, 11) is 0. The summed E-state index contributed by atoms with van der Waals surface area (Å²) in [5, 5.41) is 14.9. The zero-order chi connectivity index (χ0) is 16.9. The molecule has 1 amide bonds. The van der Waals surface area contributed by atoms with E-state index in [0.717, 1.165) is 17.0 Å². The lowest BCUT2D eigenvalue weighted by molar-refractivity contribution is -0.142. The summed E-state index contributed by atoms with van der Waals surface area (Å²) in [6.45, 7) is 0.726. The highest BCUT2D eigenvalue weighted by molar-refractivity contribution is 7.09. The Morgan fingerprint density at radius 2 is 2.17 bits per heavy atom. The third-order valence-corrected chi connectivity index (χ3v) is 4.97. The van der Waals surface area contributed by atoms with Crippen molar-refractivity contribution in [1.29, 1.82) is 0 Å². The summed E-state index contributed by atoms with van der Waals surface area (Å²) < 4.78 is 0. The van der Waals surface area contributed by atoms with E-state index < -0.39 is 12.0 Å². The van der Waals surface area contributed by atoms with Gasteiger partial charge in [0.05, 0.1) is 6.54 Å². The van der Waals surface area contributed by atoms with Crippen molar-refractivity contribution >= 4 is 23.2 Å². The third kappa shape index (κ3) is 3.80. The van der Waals surface area contributed by atoms with Gasteiger partial charge in [0, 0.05) is 11.6 Å². The van der Waals surface area contributed by atoms with E-state index in [4.69, 9.17) is 0 Å². The average molecular weight is 345 g/mol. The molecule has 1 fully saturated rings. The van der Waals surface area contributed by atoms with E-state index in [9.17, 15) is 14.7 Å². The standard InChI is InChI=1S/C17H19N3O3S/c21-14(11-20-9-4-7-13(20)17(22)23)19-15(16-18-8-10-24-16)12-5-2-1-3-6-12/h1-3,5-6,8,10,13,15H,4,7,9,11H2,(H,19,21)(H,22,23)/t13-,15-/m1/s1. The number of rotatable bonds is 6. The first-order valence-electron chi connectivity index (χ1n) is 7.85. The Bertz CT molecular complexity index is 690. The van der Waals surface area contributed by atoms with Crippen LogP contribution in [0.25, 0.3) is 0 Å². The van der Waals surface area contributed by atoms with Crippen LogP contribution in [-0.4, -0.2) is 46.0 Å². The Balaban J connectivity index is 1.71. The van der Waals surface area contributed by atoms with Crippen molar-refractivity contribution in [2.75, 3.05) is 13.1 Å². The predicted molar refractivity (Wildman–Crippen MR) is 90.8 cm³/mol. The van der Waals surface area contributed by atoms with Gasteiger partial charge in [-0.2, -0.15) is 0 Å². The lowest BCUT2D eigenvalue weighted by Crippen LogP contribution is -2.43. The number of aromatic nitrogens is 1. The van der Waals surface area contributed by atoms with Crippen LogP contribution in [0.5, 0.6) is 0 Å². The molecule has 24 heavy (non-hydrogen) atoms. The van der Waals surface area contributed by atoms with Gasteiger partial charge in [0.1, 0.15) is 17.1 Å². The summed E-state index contributed by atoms with van der Waals surface area (Å²) in [6, 6.07) is 8.78. The van der Waals surface area contributed by atoms with Crippen LogP contribution in [0.3, 0.4) is 0 Å². The topological polar surface area (TPSA) is 82.5 Å². The summed E-state index contributed by atoms with van der Waals surface area (Å²) >= 11 is 1.48. The van der Waals surface area contributed by atoms with Gasteiger partial charge < -0.3 is 10.4 Å². The number of carbonyl (C=O) groups excluding carboxylic acids is 1. The van der Waals surface area contributed by atoms with Crippen molar-refractivity contribution in [3.8, 4) is 0 Å². The van der Waals surface area contributed by atoms with Gasteiger partial charge in [0.25, 0.3) is 0 Å². The number of nitrogens with one attached hydrogen (secondary N) is 1. The molecule has 0 saturated carbocycles. The molecule has 0 aliphatic carbocycles. The van der Waals surface area contributed by atoms with Gasteiger partial charge in [-0.05, 0) is 24.9 Å². The average Bonchev–Trinajstić information content (AvgIpc) is 3.25. The molecule has 1 saturated heterocycles. The van der Waals surface area contributed by atoms with Crippen molar-refractivity contribution in [3.63, 3.8) is 0 Å². The summed E-state index contributed by atoms with van der Waals surface area (Å²) in [5.41, 5.74) is 0.956. The van der Waals surface area contributed by atoms with Crippen molar-refractivity contribution in [3.05, 3.63) is 52.5 Å². The van der Waals surface area contributed by atoms with Crippen LogP contribution in [0.15, 0.2) is 41.9 Å². The largest absolute Gasteiger partial charge is 0.480 e. The lowest BCUT2D eigenvalue weighted by Gasteiger charge is -2.23. The smallest absolute Gasteiger partial charge is 0.320 e. The minimum Gasteiger partial charge on any atom is -0.480 e. The molecule has 0 unspecified atom stereocenters. The molecule has 7 heteroatoms. The van der Waals surface area contributed by atoms with Crippen LogP contribution in [0, 0.1) is 0 Å². The van der Waals surface area contributed by atoms with E-state index in [1.165, 1.54) is 11.3 Å². The highest BCUT2D eigenvalue weighted by Crippen LogP contribution is 2.24. The molecule has 2 atom stereocenters. The molecule has 6 nitrogen and oxygen atoms in total. The number of likely N-dealkylation sites (tertiary alicyclic amines) is 1. The van der Waals surface area contributed by atoms with Gasteiger partial charge >= 0.3 is 5.97 Å². The van der Waals surface area contributed by atoms with Crippen LogP contribution >= 0.6 is 11.3 Å². The van der Waals surface area contributed by atoms with Crippen molar-refractivity contribution in [1.82, 2.24) is 15.2 Å². The van der Waals surface area contributed by atoms with Gasteiger partial charge in [-0.15, -0.1) is 11.3 Å². The molecular weight excluding hydrogens is 326 g/mol. The number of carboxylic acids is 1. The molecular formula is C17H19N3O3S. The Kier molecular flexibility index (Phi) is 5.22. The van der Waals surface area contributed by atoms with E-state index >= 15 is 0 Å². The van der Waals surface area contributed by atoms with Crippen molar-refractivity contribution in [2.45, 2.75) is 24.9 Å². The van der Waals surface area contributed by atoms with Gasteiger partial charge in [0.2, 0.25) is 5.91 Å². The molecule has 3 rings (SSSR count). The number of carboxylic acid groups (broad SMARTS) is 1. The van der Waals surface area contributed by atoms with E-state index in [-0.39, 0.29) is 18.5 Å². The Morgan fingerprint density at radius 1 is 1.38 bits per heavy atom. The molecule has 2 heterocycles. The van der Waals surface area contributed by atoms with Crippen LogP contribution in [0.4, 0.5) is 0 Å². The van der Waals surface area contributed by atoms with Gasteiger partial charge in [-0.1, -0.05) is 30.3 Å². The molecule has 1 aromatic heterocycles. The highest BCUT2D eigenvalue weighted by atomic mass is 32.1. The van der Waals surface area contributed by atoms with Crippen molar-refractivity contribution < 1.29 is 14.7 Å². The van der Waals surface area contributed by atoms with E-state index in [1.54, 1.807) is 11.1 Å². The number of hydrogen-bond donors (Lipinski definition) is 2. The van der Waals surface area contributed by atoms with Crippen LogP contribution in [0.2, 0.25) is 0 Å². The first-order chi connectivity index (χ1) is 11.6. The summed E-state index contributed by atoms with van der Waals surface area (Å²) in [4.78, 5) is 29.8. The highest BCUT2D eigenvalue weighted by Gasteiger charge is 2.32. The summed E-state index contributed by atoms with van der Waals surface area (Å²) in [6.07, 6.45) is 3.11. The van der Waals surface area contributed by atoms with Crippen LogP contribution < -0.4 is 5.32 Å². The molecule has 126 valence electrons. The second-order valence-electron chi connectivity index (χ2n) is 5.75. The second-order valence-corrected chi connectivity index (χ2v) is 6.67. The van der Waals surface area contributed by atoms with E-state index in [0.29, 0.717) is 13.0 Å². The SMILES string of the molecule is O=C(CN1CCC[C@@H]1C(=O)O)N[C@H](c1ccccc1)c1nccs1. The number of amides is 1. The molecule has 2 N–H and O–H groups in total. The molecule has 1 aliphatic rings. The number of benzene rings is 1. The fraction of sp³-hybridized carbons (Fsp3) is 0.353. The number of nitrogens with zero attached hydrogens (tertiary/aromatic N) is 2. The molecule has 0 radical (unpaired) electrons. The Labute approximate surface area is 144 Å². The van der Waals surface area contributed by atoms with Crippen molar-refractivity contribution in [2.24, 2.45) is 0 Å². The first kappa shape index (κ1) is 16.6. The second kappa shape index (κ2) is 7.55. The fourth-order valence-corrected chi connectivity index (χ4v) is 3.71. The summed E-state index contributed by atoms with van der Waals surface area (Å²) in [5.74, 6) is -1.05. The number of aliphatic carboxylic acids is 1. The number of hydrogen-bond acceptors (Lipinski definition) is 5. The molecule has 0 bridgehead atoms. The minimum atomic E-state index is -0.861. The molecule has 1 aliphatic heterocycles. The van der Waals surface area contributed by atoms with E-state index in [2.05, 4.69) is 10.3 Å². The lowest BCUT2D eigenvalue weighted by atomic mass is 10.1.